The second-order valence-electron chi connectivity index (χ2n) is 6.22. The minimum Gasteiger partial charge on any atom is -0.489 e. The maximum absolute atomic E-state index is 12.8. The summed E-state index contributed by atoms with van der Waals surface area (Å²) in [5.74, 6) is -0.234. The van der Waals surface area contributed by atoms with Crippen molar-refractivity contribution in [1.29, 1.82) is 0 Å². The van der Waals surface area contributed by atoms with E-state index < -0.39 is 5.92 Å². The average molecular weight is 367 g/mol. The van der Waals surface area contributed by atoms with E-state index in [4.69, 9.17) is 9.47 Å². The van der Waals surface area contributed by atoms with Gasteiger partial charge in [-0.05, 0) is 29.8 Å². The molecule has 0 aliphatic carbocycles. The summed E-state index contributed by atoms with van der Waals surface area (Å²) in [6.45, 7) is 6.50. The van der Waals surface area contributed by atoms with Crippen LogP contribution < -0.4 is 4.74 Å². The number of hydrogen-bond donors (Lipinski definition) is 0. The number of carbonyl (C=O) groups is 2. The molecule has 0 N–H and O–H groups in total. The number of amides is 1. The van der Waals surface area contributed by atoms with Crippen LogP contribution in [0.25, 0.3) is 0 Å². The lowest BCUT2D eigenvalue weighted by Crippen LogP contribution is -2.37. The van der Waals surface area contributed by atoms with Crippen molar-refractivity contribution in [3.8, 4) is 5.75 Å². The van der Waals surface area contributed by atoms with Crippen molar-refractivity contribution in [3.63, 3.8) is 0 Å². The molecule has 2 aromatic carbocycles. The maximum Gasteiger partial charge on any atom is 0.310 e. The van der Waals surface area contributed by atoms with Crippen LogP contribution in [0.1, 0.15) is 22.8 Å². The van der Waals surface area contributed by atoms with Crippen molar-refractivity contribution < 1.29 is 19.1 Å². The van der Waals surface area contributed by atoms with Gasteiger partial charge in [-0.2, -0.15) is 0 Å². The van der Waals surface area contributed by atoms with Crippen LogP contribution in [0.5, 0.6) is 5.75 Å². The van der Waals surface area contributed by atoms with Gasteiger partial charge in [-0.3, -0.25) is 9.59 Å². The molecule has 0 fully saturated rings. The summed E-state index contributed by atoms with van der Waals surface area (Å²) in [6, 6.07) is 16.9. The number of esters is 1. The molecule has 5 nitrogen and oxygen atoms in total. The van der Waals surface area contributed by atoms with Crippen molar-refractivity contribution >= 4 is 11.9 Å². The molecular formula is C22H25NO4. The van der Waals surface area contributed by atoms with E-state index in [1.807, 2.05) is 30.3 Å². The number of nitrogens with zero attached hydrogens (tertiary/aromatic N) is 1. The molecule has 0 saturated carbocycles. The fourth-order valence-corrected chi connectivity index (χ4v) is 2.62. The molecule has 0 spiro atoms. The average Bonchev–Trinajstić information content (AvgIpc) is 2.71. The summed E-state index contributed by atoms with van der Waals surface area (Å²) in [5.41, 5.74) is 1.60. The Labute approximate surface area is 160 Å². The van der Waals surface area contributed by atoms with Crippen molar-refractivity contribution in [2.24, 2.45) is 5.92 Å². The summed E-state index contributed by atoms with van der Waals surface area (Å²) in [4.78, 5) is 26.0. The number of ether oxygens (including phenoxy) is 2. The number of carbonyl (C=O) groups excluding carboxylic acids is 2. The second-order valence-corrected chi connectivity index (χ2v) is 6.22. The van der Waals surface area contributed by atoms with Crippen molar-refractivity contribution in [3.05, 3.63) is 78.4 Å². The summed E-state index contributed by atoms with van der Waals surface area (Å²) >= 11 is 0. The van der Waals surface area contributed by atoms with E-state index in [0.29, 0.717) is 24.5 Å². The number of rotatable bonds is 9. The maximum atomic E-state index is 12.8. The van der Waals surface area contributed by atoms with Crippen LogP contribution in [-0.4, -0.2) is 37.0 Å². The zero-order valence-corrected chi connectivity index (χ0v) is 15.8. The molecule has 0 radical (unpaired) electrons. The van der Waals surface area contributed by atoms with Gasteiger partial charge in [0, 0.05) is 18.7 Å². The Morgan fingerprint density at radius 1 is 1.11 bits per heavy atom. The van der Waals surface area contributed by atoms with Crippen molar-refractivity contribution in [1.82, 2.24) is 4.90 Å². The quantitative estimate of drug-likeness (QED) is 0.501. The predicted octanol–water partition coefficient (Wildman–Crippen LogP) is 3.70. The Bertz CT molecular complexity index is 756. The van der Waals surface area contributed by atoms with Gasteiger partial charge in [-0.25, -0.2) is 0 Å². The van der Waals surface area contributed by atoms with E-state index in [1.165, 1.54) is 7.11 Å². The Kier molecular flexibility index (Phi) is 7.62. The van der Waals surface area contributed by atoms with Crippen LogP contribution in [0.3, 0.4) is 0 Å². The van der Waals surface area contributed by atoms with Gasteiger partial charge in [0.1, 0.15) is 12.4 Å². The van der Waals surface area contributed by atoms with Gasteiger partial charge in [0.25, 0.3) is 5.91 Å². The van der Waals surface area contributed by atoms with Crippen LogP contribution in [0.2, 0.25) is 0 Å². The fraction of sp³-hybridized carbons (Fsp3) is 0.273. The van der Waals surface area contributed by atoms with Crippen LogP contribution in [-0.2, 0) is 16.1 Å². The lowest BCUT2D eigenvalue weighted by atomic mass is 10.1. The number of hydrogen-bond acceptors (Lipinski definition) is 4. The SMILES string of the molecule is C=CCN(CC(C)C(=O)OC)C(=O)c1ccc(OCc2ccccc2)cc1. The van der Waals surface area contributed by atoms with Crippen molar-refractivity contribution in [2.75, 3.05) is 20.2 Å². The third kappa shape index (κ3) is 5.99. The zero-order chi connectivity index (χ0) is 19.6. The highest BCUT2D eigenvalue weighted by atomic mass is 16.5. The molecular weight excluding hydrogens is 342 g/mol. The van der Waals surface area contributed by atoms with Crippen LogP contribution >= 0.6 is 0 Å². The highest BCUT2D eigenvalue weighted by molar-refractivity contribution is 5.94. The van der Waals surface area contributed by atoms with Gasteiger partial charge < -0.3 is 14.4 Å². The van der Waals surface area contributed by atoms with E-state index >= 15 is 0 Å². The molecule has 2 rings (SSSR count). The largest absolute Gasteiger partial charge is 0.489 e. The minimum absolute atomic E-state index is 0.166. The lowest BCUT2D eigenvalue weighted by Gasteiger charge is -2.24. The number of methoxy groups -OCH3 is 1. The third-order valence-electron chi connectivity index (χ3n) is 4.08. The third-order valence-corrected chi connectivity index (χ3v) is 4.08. The highest BCUT2D eigenvalue weighted by Gasteiger charge is 2.21. The fourth-order valence-electron chi connectivity index (χ4n) is 2.62. The highest BCUT2D eigenvalue weighted by Crippen LogP contribution is 2.16. The van der Waals surface area contributed by atoms with E-state index in [9.17, 15) is 9.59 Å². The molecule has 0 aliphatic rings. The van der Waals surface area contributed by atoms with Gasteiger partial charge in [0.15, 0.2) is 0 Å². The smallest absolute Gasteiger partial charge is 0.310 e. The van der Waals surface area contributed by atoms with E-state index in [-0.39, 0.29) is 18.4 Å². The van der Waals surface area contributed by atoms with Crippen LogP contribution in [0, 0.1) is 5.92 Å². The van der Waals surface area contributed by atoms with Gasteiger partial charge in [-0.1, -0.05) is 43.3 Å². The summed E-state index contributed by atoms with van der Waals surface area (Å²) in [7, 11) is 1.34. The van der Waals surface area contributed by atoms with Crippen molar-refractivity contribution in [2.45, 2.75) is 13.5 Å². The predicted molar refractivity (Wildman–Crippen MR) is 104 cm³/mol. The summed E-state index contributed by atoms with van der Waals surface area (Å²) < 4.78 is 10.5. The molecule has 27 heavy (non-hydrogen) atoms. The molecule has 1 amide bonds. The molecule has 142 valence electrons. The number of benzene rings is 2. The molecule has 1 unspecified atom stereocenters. The second kappa shape index (κ2) is 10.2. The van der Waals surface area contributed by atoms with Gasteiger partial charge in [0.05, 0.1) is 13.0 Å². The Hall–Kier alpha value is -3.08. The topological polar surface area (TPSA) is 55.8 Å². The molecule has 0 aromatic heterocycles. The first kappa shape index (κ1) is 20.2. The van der Waals surface area contributed by atoms with Crippen LogP contribution in [0.4, 0.5) is 0 Å². The molecule has 2 aromatic rings. The van der Waals surface area contributed by atoms with E-state index in [0.717, 1.165) is 5.56 Å². The van der Waals surface area contributed by atoms with Crippen LogP contribution in [0.15, 0.2) is 67.3 Å². The first-order chi connectivity index (χ1) is 13.0. The van der Waals surface area contributed by atoms with E-state index in [1.54, 1.807) is 42.2 Å². The molecule has 5 heteroatoms. The first-order valence-corrected chi connectivity index (χ1v) is 8.80. The molecule has 0 aliphatic heterocycles. The van der Waals surface area contributed by atoms with Gasteiger partial charge in [-0.15, -0.1) is 6.58 Å². The summed E-state index contributed by atoms with van der Waals surface area (Å²) in [6.07, 6.45) is 1.64. The lowest BCUT2D eigenvalue weighted by molar-refractivity contribution is -0.145. The van der Waals surface area contributed by atoms with Gasteiger partial charge in [0.2, 0.25) is 0 Å². The van der Waals surface area contributed by atoms with Gasteiger partial charge >= 0.3 is 5.97 Å². The minimum atomic E-state index is -0.410. The Balaban J connectivity index is 2.01. The summed E-state index contributed by atoms with van der Waals surface area (Å²) in [5, 5.41) is 0. The molecule has 0 bridgehead atoms. The molecule has 0 saturated heterocycles. The molecule has 1 atom stereocenters. The zero-order valence-electron chi connectivity index (χ0n) is 15.8. The Morgan fingerprint density at radius 2 is 1.78 bits per heavy atom. The normalized spacial score (nSPS) is 11.3. The van der Waals surface area contributed by atoms with E-state index in [2.05, 4.69) is 6.58 Å². The standard InChI is InChI=1S/C22H25NO4/c1-4-14-23(15-17(2)22(25)26-3)21(24)19-10-12-20(13-11-19)27-16-18-8-6-5-7-9-18/h4-13,17H,1,14-16H2,2-3H3. The monoisotopic (exact) mass is 367 g/mol. The first-order valence-electron chi connectivity index (χ1n) is 8.80. The Morgan fingerprint density at radius 3 is 2.37 bits per heavy atom. The molecule has 0 heterocycles.